The van der Waals surface area contributed by atoms with E-state index < -0.39 is 0 Å². The van der Waals surface area contributed by atoms with E-state index >= 15 is 0 Å². The Morgan fingerprint density at radius 3 is 2.31 bits per heavy atom. The van der Waals surface area contributed by atoms with Crippen LogP contribution in [0.4, 0.5) is 5.69 Å². The number of anilines is 1. The Hall–Kier alpha value is -3.34. The number of hydrogen-bond donors (Lipinski definition) is 1. The van der Waals surface area contributed by atoms with E-state index in [4.69, 9.17) is 4.74 Å². The van der Waals surface area contributed by atoms with Gasteiger partial charge >= 0.3 is 0 Å². The number of methoxy groups -OCH3 is 1. The van der Waals surface area contributed by atoms with Gasteiger partial charge in [0.05, 0.1) is 18.9 Å². The van der Waals surface area contributed by atoms with Crippen molar-refractivity contribution in [2.45, 2.75) is 0 Å². The predicted octanol–water partition coefficient (Wildman–Crippen LogP) is 3.68. The molecule has 26 heavy (non-hydrogen) atoms. The van der Waals surface area contributed by atoms with Gasteiger partial charge in [-0.25, -0.2) is 5.43 Å². The average Bonchev–Trinajstić information content (AvgIpc) is 2.67. The second-order valence-corrected chi connectivity index (χ2v) is 6.08. The molecular weight excluding hydrogens is 326 g/mol. The molecule has 1 N–H and O–H groups in total. The van der Waals surface area contributed by atoms with Crippen LogP contribution in [0.2, 0.25) is 0 Å². The number of rotatable bonds is 5. The van der Waals surface area contributed by atoms with Crippen LogP contribution >= 0.6 is 0 Å². The van der Waals surface area contributed by atoms with Gasteiger partial charge in [0.1, 0.15) is 5.75 Å². The fraction of sp³-hybridized carbons (Fsp3) is 0.143. The maximum absolute atomic E-state index is 12.5. The lowest BCUT2D eigenvalue weighted by atomic mass is 10.1. The lowest BCUT2D eigenvalue weighted by Gasteiger charge is -2.11. The largest absolute Gasteiger partial charge is 0.496 e. The molecule has 3 aromatic rings. The molecule has 0 aliphatic carbocycles. The summed E-state index contributed by atoms with van der Waals surface area (Å²) in [4.78, 5) is 14.5. The van der Waals surface area contributed by atoms with Crippen LogP contribution < -0.4 is 15.1 Å². The Morgan fingerprint density at radius 2 is 1.69 bits per heavy atom. The Morgan fingerprint density at radius 1 is 1.04 bits per heavy atom. The van der Waals surface area contributed by atoms with Crippen LogP contribution in [0.25, 0.3) is 10.8 Å². The number of ether oxygens (including phenoxy) is 1. The Bertz CT molecular complexity index is 947. The minimum absolute atomic E-state index is 0.311. The maximum Gasteiger partial charge on any atom is 0.275 e. The van der Waals surface area contributed by atoms with Crippen molar-refractivity contribution in [3.8, 4) is 5.75 Å². The highest BCUT2D eigenvalue weighted by atomic mass is 16.5. The van der Waals surface area contributed by atoms with Crippen molar-refractivity contribution in [2.75, 3.05) is 26.1 Å². The minimum atomic E-state index is -0.311. The van der Waals surface area contributed by atoms with Gasteiger partial charge in [-0.15, -0.1) is 0 Å². The van der Waals surface area contributed by atoms with E-state index in [1.807, 2.05) is 79.7 Å². The fourth-order valence-electron chi connectivity index (χ4n) is 2.65. The zero-order chi connectivity index (χ0) is 18.5. The summed E-state index contributed by atoms with van der Waals surface area (Å²) in [5.74, 6) is 0.209. The molecule has 5 heteroatoms. The predicted molar refractivity (Wildman–Crippen MR) is 106 cm³/mol. The smallest absolute Gasteiger partial charge is 0.275 e. The monoisotopic (exact) mass is 347 g/mol. The number of benzene rings is 3. The van der Waals surface area contributed by atoms with Crippen molar-refractivity contribution in [3.63, 3.8) is 0 Å². The van der Waals surface area contributed by atoms with Crippen LogP contribution in [-0.4, -0.2) is 33.3 Å². The topological polar surface area (TPSA) is 53.9 Å². The molecule has 5 nitrogen and oxygen atoms in total. The van der Waals surface area contributed by atoms with Crippen LogP contribution in [0.15, 0.2) is 65.8 Å². The standard InChI is InChI=1S/C21H21N3O2/c1-24(2)18-10-8-15(9-11-18)14-22-23-21(25)19-12-16-6-4-5-7-17(16)13-20(19)26-3/h4-14H,1-3H3,(H,23,25)/b22-14-. The van der Waals surface area contributed by atoms with Crippen molar-refractivity contribution in [2.24, 2.45) is 5.10 Å². The van der Waals surface area contributed by atoms with E-state index in [0.29, 0.717) is 11.3 Å². The average molecular weight is 347 g/mol. The molecule has 0 unspecified atom stereocenters. The lowest BCUT2D eigenvalue weighted by Crippen LogP contribution is -2.18. The zero-order valence-corrected chi connectivity index (χ0v) is 15.1. The van der Waals surface area contributed by atoms with Crippen LogP contribution in [0.1, 0.15) is 15.9 Å². The maximum atomic E-state index is 12.5. The zero-order valence-electron chi connectivity index (χ0n) is 15.1. The summed E-state index contributed by atoms with van der Waals surface area (Å²) < 4.78 is 5.36. The van der Waals surface area contributed by atoms with Gasteiger partial charge in [-0.05, 0) is 40.6 Å². The van der Waals surface area contributed by atoms with Crippen molar-refractivity contribution in [1.82, 2.24) is 5.43 Å². The normalized spacial score (nSPS) is 10.9. The number of fused-ring (bicyclic) bond motifs is 1. The van der Waals surface area contributed by atoms with Crippen LogP contribution in [-0.2, 0) is 0 Å². The van der Waals surface area contributed by atoms with E-state index in [0.717, 1.165) is 22.0 Å². The molecule has 0 saturated carbocycles. The van der Waals surface area contributed by atoms with Crippen molar-refractivity contribution >= 4 is 28.6 Å². The van der Waals surface area contributed by atoms with E-state index in [2.05, 4.69) is 10.5 Å². The first kappa shape index (κ1) is 17.5. The molecule has 0 saturated heterocycles. The molecule has 3 rings (SSSR count). The highest BCUT2D eigenvalue weighted by Crippen LogP contribution is 2.25. The lowest BCUT2D eigenvalue weighted by molar-refractivity contribution is 0.0952. The molecule has 0 aliphatic rings. The van der Waals surface area contributed by atoms with Crippen LogP contribution in [0, 0.1) is 0 Å². The second-order valence-electron chi connectivity index (χ2n) is 6.08. The van der Waals surface area contributed by atoms with Gasteiger partial charge in [-0.3, -0.25) is 4.79 Å². The number of hydrogen-bond acceptors (Lipinski definition) is 4. The molecule has 0 bridgehead atoms. The van der Waals surface area contributed by atoms with Crippen molar-refractivity contribution in [1.29, 1.82) is 0 Å². The molecular formula is C21H21N3O2. The van der Waals surface area contributed by atoms with Gasteiger partial charge in [0.15, 0.2) is 0 Å². The SMILES string of the molecule is COc1cc2ccccc2cc1C(=O)N/N=C\c1ccc(N(C)C)cc1. The summed E-state index contributed by atoms with van der Waals surface area (Å²) in [5.41, 5.74) is 5.02. The van der Waals surface area contributed by atoms with Crippen molar-refractivity contribution in [3.05, 3.63) is 71.8 Å². The first-order valence-electron chi connectivity index (χ1n) is 8.26. The summed E-state index contributed by atoms with van der Waals surface area (Å²) in [6.07, 6.45) is 1.62. The third-order valence-corrected chi connectivity index (χ3v) is 4.10. The molecule has 0 fully saturated rings. The number of nitrogens with one attached hydrogen (secondary N) is 1. The first-order valence-corrected chi connectivity index (χ1v) is 8.26. The van der Waals surface area contributed by atoms with Gasteiger partial charge < -0.3 is 9.64 Å². The van der Waals surface area contributed by atoms with Crippen molar-refractivity contribution < 1.29 is 9.53 Å². The third-order valence-electron chi connectivity index (χ3n) is 4.10. The molecule has 0 radical (unpaired) electrons. The Kier molecular flexibility index (Phi) is 5.17. The number of amides is 1. The minimum Gasteiger partial charge on any atom is -0.496 e. The van der Waals surface area contributed by atoms with Gasteiger partial charge in [-0.2, -0.15) is 5.10 Å². The molecule has 132 valence electrons. The quantitative estimate of drug-likeness (QED) is 0.566. The van der Waals surface area contributed by atoms with Gasteiger partial charge in [0, 0.05) is 19.8 Å². The number of nitrogens with zero attached hydrogens (tertiary/aromatic N) is 2. The summed E-state index contributed by atoms with van der Waals surface area (Å²) in [7, 11) is 5.52. The summed E-state index contributed by atoms with van der Waals surface area (Å²) in [6.45, 7) is 0. The first-order chi connectivity index (χ1) is 12.6. The summed E-state index contributed by atoms with van der Waals surface area (Å²) in [6, 6.07) is 19.4. The van der Waals surface area contributed by atoms with Crippen LogP contribution in [0.3, 0.4) is 0 Å². The van der Waals surface area contributed by atoms with E-state index in [9.17, 15) is 4.79 Å². The molecule has 0 spiro atoms. The molecule has 0 heterocycles. The molecule has 0 atom stereocenters. The molecule has 0 aromatic heterocycles. The van der Waals surface area contributed by atoms with Gasteiger partial charge in [0.25, 0.3) is 5.91 Å². The number of carbonyl (C=O) groups excluding carboxylic acids is 1. The number of hydrazone groups is 1. The molecule has 0 aliphatic heterocycles. The molecule has 3 aromatic carbocycles. The van der Waals surface area contributed by atoms with E-state index in [-0.39, 0.29) is 5.91 Å². The highest BCUT2D eigenvalue weighted by molar-refractivity contribution is 6.01. The summed E-state index contributed by atoms with van der Waals surface area (Å²) in [5, 5.41) is 6.05. The summed E-state index contributed by atoms with van der Waals surface area (Å²) >= 11 is 0. The Labute approximate surface area is 152 Å². The highest BCUT2D eigenvalue weighted by Gasteiger charge is 2.13. The van der Waals surface area contributed by atoms with E-state index in [1.54, 1.807) is 13.3 Å². The van der Waals surface area contributed by atoms with Gasteiger partial charge in [-0.1, -0.05) is 36.4 Å². The Balaban J connectivity index is 1.76. The molecule has 1 amide bonds. The second kappa shape index (κ2) is 7.70. The van der Waals surface area contributed by atoms with E-state index in [1.165, 1.54) is 0 Å². The van der Waals surface area contributed by atoms with Crippen LogP contribution in [0.5, 0.6) is 5.75 Å². The fourth-order valence-corrected chi connectivity index (χ4v) is 2.65. The third kappa shape index (κ3) is 3.83. The number of carbonyl (C=O) groups is 1. The van der Waals surface area contributed by atoms with Gasteiger partial charge in [0.2, 0.25) is 0 Å².